The van der Waals surface area contributed by atoms with Crippen LogP contribution in [0.3, 0.4) is 0 Å². The number of benzene rings is 2. The highest BCUT2D eigenvalue weighted by Crippen LogP contribution is 2.39. The van der Waals surface area contributed by atoms with Crippen LogP contribution in [0.5, 0.6) is 0 Å². The van der Waals surface area contributed by atoms with E-state index >= 15 is 0 Å². The zero-order valence-electron chi connectivity index (χ0n) is 22.8. The molecule has 204 valence electrons. The average molecular weight is 591 g/mol. The lowest BCUT2D eigenvalue weighted by Crippen LogP contribution is -2.45. The Kier molecular flexibility index (Phi) is 8.35. The van der Waals surface area contributed by atoms with Crippen LogP contribution in [0.4, 0.5) is 5.69 Å². The molecule has 0 unspecified atom stereocenters. The summed E-state index contributed by atoms with van der Waals surface area (Å²) in [6.07, 6.45) is 2.78. The second-order valence-corrected chi connectivity index (χ2v) is 11.6. The van der Waals surface area contributed by atoms with Gasteiger partial charge in [-0.15, -0.1) is 0 Å². The second kappa shape index (κ2) is 11.9. The maximum absolute atomic E-state index is 13.8. The van der Waals surface area contributed by atoms with E-state index in [4.69, 9.17) is 0 Å². The lowest BCUT2D eigenvalue weighted by Gasteiger charge is -2.32. The molecule has 2 aliphatic heterocycles. The number of hydrogen-bond donors (Lipinski definition) is 3. The molecule has 0 saturated carbocycles. The maximum Gasteiger partial charge on any atom is 0.256 e. The van der Waals surface area contributed by atoms with Crippen molar-refractivity contribution in [1.82, 2.24) is 20.1 Å². The summed E-state index contributed by atoms with van der Waals surface area (Å²) in [5.41, 5.74) is 6.21. The fourth-order valence-corrected chi connectivity index (χ4v) is 5.69. The van der Waals surface area contributed by atoms with Crippen molar-refractivity contribution in [2.24, 2.45) is 0 Å². The number of carbonyl (C=O) groups is 2. The maximum atomic E-state index is 13.8. The first-order valence-corrected chi connectivity index (χ1v) is 14.4. The molecule has 0 radical (unpaired) electrons. The van der Waals surface area contributed by atoms with Gasteiger partial charge in [0.2, 0.25) is 0 Å². The molecular weight excluding hydrogens is 554 g/mol. The molecule has 3 aromatic rings. The normalized spacial score (nSPS) is 17.1. The topological polar surface area (TPSA) is 80.5 Å². The van der Waals surface area contributed by atoms with E-state index in [1.165, 1.54) is 0 Å². The van der Waals surface area contributed by atoms with Crippen molar-refractivity contribution < 1.29 is 9.59 Å². The number of nitrogens with zero attached hydrogens (tertiary/aromatic N) is 2. The van der Waals surface area contributed by atoms with Crippen LogP contribution in [0.15, 0.2) is 53.0 Å². The lowest BCUT2D eigenvalue weighted by atomic mass is 9.95. The molecule has 2 aliphatic rings. The molecular formula is C31H36BrN5O2. The molecule has 0 bridgehead atoms. The molecule has 0 spiro atoms. The minimum atomic E-state index is -0.155. The Bertz CT molecular complexity index is 1390. The van der Waals surface area contributed by atoms with E-state index in [1.54, 1.807) is 0 Å². The molecule has 0 aliphatic carbocycles. The summed E-state index contributed by atoms with van der Waals surface area (Å²) in [7, 11) is 2.16. The molecule has 3 heterocycles. The number of carbonyl (C=O) groups excluding carboxylic acids is 2. The van der Waals surface area contributed by atoms with E-state index in [0.717, 1.165) is 77.4 Å². The highest BCUT2D eigenvalue weighted by molar-refractivity contribution is 9.10. The summed E-state index contributed by atoms with van der Waals surface area (Å²) in [6.45, 7) is 10.1. The zero-order valence-corrected chi connectivity index (χ0v) is 24.4. The molecule has 3 N–H and O–H groups in total. The molecule has 1 aromatic heterocycles. The molecule has 2 amide bonds. The molecule has 5 rings (SSSR count). The minimum Gasteiger partial charge on any atom is -0.357 e. The summed E-state index contributed by atoms with van der Waals surface area (Å²) < 4.78 is 0.901. The van der Waals surface area contributed by atoms with Gasteiger partial charge in [-0.2, -0.15) is 0 Å². The van der Waals surface area contributed by atoms with Gasteiger partial charge in [0.15, 0.2) is 0 Å². The van der Waals surface area contributed by atoms with Crippen molar-refractivity contribution in [3.05, 3.63) is 75.5 Å². The Morgan fingerprint density at radius 3 is 2.56 bits per heavy atom. The second-order valence-electron chi connectivity index (χ2n) is 10.7. The third-order valence-electron chi connectivity index (χ3n) is 7.51. The third kappa shape index (κ3) is 6.03. The SMILES string of the molecule is CC(C)c1[nH]c(/C=C2\C(=O)Nc3ccc(Br)cc32)c(-c2ccccc2)c1C(=O)NCCCN1CCN(C)CC1. The summed E-state index contributed by atoms with van der Waals surface area (Å²) in [4.78, 5) is 35.1. The summed E-state index contributed by atoms with van der Waals surface area (Å²) in [5.74, 6) is -0.155. The number of nitrogens with one attached hydrogen (secondary N) is 3. The quantitative estimate of drug-likeness (QED) is 0.242. The molecule has 1 saturated heterocycles. The number of rotatable bonds is 8. The van der Waals surface area contributed by atoms with Crippen LogP contribution >= 0.6 is 15.9 Å². The smallest absolute Gasteiger partial charge is 0.256 e. The zero-order chi connectivity index (χ0) is 27.5. The van der Waals surface area contributed by atoms with Crippen molar-refractivity contribution in [3.8, 4) is 11.1 Å². The van der Waals surface area contributed by atoms with Crippen molar-refractivity contribution in [3.63, 3.8) is 0 Å². The molecule has 0 atom stereocenters. The van der Waals surface area contributed by atoms with E-state index in [-0.39, 0.29) is 17.7 Å². The molecule has 39 heavy (non-hydrogen) atoms. The summed E-state index contributed by atoms with van der Waals surface area (Å²) >= 11 is 3.53. The van der Waals surface area contributed by atoms with Crippen LogP contribution in [0.2, 0.25) is 0 Å². The van der Waals surface area contributed by atoms with E-state index in [1.807, 2.05) is 54.6 Å². The van der Waals surface area contributed by atoms with Crippen LogP contribution in [0.25, 0.3) is 22.8 Å². The number of fused-ring (bicyclic) bond motifs is 1. The van der Waals surface area contributed by atoms with Crippen molar-refractivity contribution in [1.29, 1.82) is 0 Å². The Morgan fingerprint density at radius 1 is 1.10 bits per heavy atom. The number of amides is 2. The first kappa shape index (κ1) is 27.4. The van der Waals surface area contributed by atoms with Crippen LogP contribution in [-0.4, -0.2) is 72.9 Å². The van der Waals surface area contributed by atoms with E-state index in [2.05, 4.69) is 62.2 Å². The Morgan fingerprint density at radius 2 is 1.85 bits per heavy atom. The van der Waals surface area contributed by atoms with Gasteiger partial charge in [-0.05, 0) is 55.8 Å². The fraction of sp³-hybridized carbons (Fsp3) is 0.355. The standard InChI is InChI=1S/C31H36BrN5O2/c1-20(2)29-28(31(39)33-12-7-13-37-16-14-36(3)15-17-37)27(21-8-5-4-6-9-21)26(34-29)19-24-23-18-22(32)10-11-25(23)35-30(24)38/h4-6,8-11,18-20,34H,7,12-17H2,1-3H3,(H,33,39)(H,35,38)/b24-19-. The van der Waals surface area contributed by atoms with Crippen LogP contribution in [0.1, 0.15) is 53.5 Å². The molecule has 1 fully saturated rings. The number of H-pyrrole nitrogens is 1. The first-order valence-electron chi connectivity index (χ1n) is 13.6. The number of halogens is 1. The lowest BCUT2D eigenvalue weighted by molar-refractivity contribution is -0.110. The largest absolute Gasteiger partial charge is 0.357 e. The van der Waals surface area contributed by atoms with Crippen molar-refractivity contribution in [2.75, 3.05) is 51.6 Å². The highest BCUT2D eigenvalue weighted by atomic mass is 79.9. The van der Waals surface area contributed by atoms with Gasteiger partial charge in [-0.25, -0.2) is 0 Å². The van der Waals surface area contributed by atoms with Crippen LogP contribution < -0.4 is 10.6 Å². The van der Waals surface area contributed by atoms with Gasteiger partial charge >= 0.3 is 0 Å². The van der Waals surface area contributed by atoms with Gasteiger partial charge in [-0.1, -0.05) is 60.1 Å². The Labute approximate surface area is 238 Å². The van der Waals surface area contributed by atoms with Gasteiger partial charge in [0.1, 0.15) is 0 Å². The van der Waals surface area contributed by atoms with Gasteiger partial charge < -0.3 is 25.4 Å². The molecule has 7 nitrogen and oxygen atoms in total. The number of hydrogen-bond acceptors (Lipinski definition) is 4. The number of aromatic amines is 1. The summed E-state index contributed by atoms with van der Waals surface area (Å²) in [5, 5.41) is 6.15. The average Bonchev–Trinajstić information content (AvgIpc) is 3.46. The Balaban J connectivity index is 1.47. The first-order chi connectivity index (χ1) is 18.8. The number of piperazine rings is 1. The van der Waals surface area contributed by atoms with Gasteiger partial charge in [0.25, 0.3) is 11.8 Å². The van der Waals surface area contributed by atoms with E-state index in [0.29, 0.717) is 17.7 Å². The summed E-state index contributed by atoms with van der Waals surface area (Å²) in [6, 6.07) is 15.7. The monoisotopic (exact) mass is 589 g/mol. The predicted octanol–water partition coefficient (Wildman–Crippen LogP) is 5.43. The highest BCUT2D eigenvalue weighted by Gasteiger charge is 2.28. The fourth-order valence-electron chi connectivity index (χ4n) is 5.33. The Hall–Kier alpha value is -3.20. The van der Waals surface area contributed by atoms with Crippen molar-refractivity contribution >= 4 is 45.1 Å². The minimum absolute atomic E-state index is 0.0872. The molecule has 2 aromatic carbocycles. The molecule has 8 heteroatoms. The van der Waals surface area contributed by atoms with Crippen molar-refractivity contribution in [2.45, 2.75) is 26.2 Å². The predicted molar refractivity (Wildman–Crippen MR) is 162 cm³/mol. The number of likely N-dealkylation sites (N-methyl/N-ethyl adjacent to an activating group) is 1. The van der Waals surface area contributed by atoms with E-state index in [9.17, 15) is 9.59 Å². The van der Waals surface area contributed by atoms with Gasteiger partial charge in [-0.3, -0.25) is 9.59 Å². The number of aromatic nitrogens is 1. The third-order valence-corrected chi connectivity index (χ3v) is 8.00. The van der Waals surface area contributed by atoms with Crippen LogP contribution in [0, 0.1) is 0 Å². The van der Waals surface area contributed by atoms with Gasteiger partial charge in [0.05, 0.1) is 11.1 Å². The van der Waals surface area contributed by atoms with E-state index < -0.39 is 0 Å². The van der Waals surface area contributed by atoms with Crippen LogP contribution in [-0.2, 0) is 4.79 Å². The number of anilines is 1. The van der Waals surface area contributed by atoms with Gasteiger partial charge in [0, 0.05) is 65.4 Å².